The van der Waals surface area contributed by atoms with E-state index < -0.39 is 5.60 Å². The Bertz CT molecular complexity index is 147. The third-order valence-electron chi connectivity index (χ3n) is 3.01. The molecule has 0 aromatic rings. The maximum atomic E-state index is 10.2. The van der Waals surface area contributed by atoms with E-state index in [4.69, 9.17) is 5.73 Å². The molecule has 1 saturated heterocycles. The summed E-state index contributed by atoms with van der Waals surface area (Å²) in [4.78, 5) is 2.16. The molecular weight excluding hydrogens is 152 g/mol. The third-order valence-corrected chi connectivity index (χ3v) is 3.01. The number of nitrogens with two attached hydrogens (primary N) is 1. The molecule has 1 heterocycles. The van der Waals surface area contributed by atoms with Crippen LogP contribution in [-0.4, -0.2) is 42.3 Å². The first-order chi connectivity index (χ1) is 5.62. The van der Waals surface area contributed by atoms with Crippen LogP contribution in [0.4, 0.5) is 0 Å². The average molecular weight is 172 g/mol. The number of hydrogen-bond donors (Lipinski definition) is 2. The Balaban J connectivity index is 2.58. The van der Waals surface area contributed by atoms with Crippen LogP contribution in [0.2, 0.25) is 0 Å². The van der Waals surface area contributed by atoms with Crippen LogP contribution in [0.5, 0.6) is 0 Å². The Labute approximate surface area is 74.5 Å². The molecule has 0 amide bonds. The van der Waals surface area contributed by atoms with E-state index in [0.717, 1.165) is 25.9 Å². The molecule has 0 aliphatic carbocycles. The predicted molar refractivity (Wildman–Crippen MR) is 49.9 cm³/mol. The first-order valence-electron chi connectivity index (χ1n) is 4.73. The maximum absolute atomic E-state index is 10.2. The Morgan fingerprint density at radius 2 is 2.33 bits per heavy atom. The van der Waals surface area contributed by atoms with Gasteiger partial charge >= 0.3 is 0 Å². The lowest BCUT2D eigenvalue weighted by atomic mass is 9.85. The van der Waals surface area contributed by atoms with Crippen molar-refractivity contribution in [1.29, 1.82) is 0 Å². The van der Waals surface area contributed by atoms with Gasteiger partial charge in [0.2, 0.25) is 0 Å². The van der Waals surface area contributed by atoms with Crippen molar-refractivity contribution in [1.82, 2.24) is 4.90 Å². The lowest BCUT2D eigenvalue weighted by Crippen LogP contribution is -2.43. The summed E-state index contributed by atoms with van der Waals surface area (Å²) in [5.74, 6) is 0.266. The van der Waals surface area contributed by atoms with Crippen LogP contribution in [0.25, 0.3) is 0 Å². The molecule has 0 bridgehead atoms. The van der Waals surface area contributed by atoms with Crippen LogP contribution < -0.4 is 5.73 Å². The monoisotopic (exact) mass is 172 g/mol. The summed E-state index contributed by atoms with van der Waals surface area (Å²) in [6.07, 6.45) is 1.85. The van der Waals surface area contributed by atoms with Crippen molar-refractivity contribution >= 4 is 0 Å². The van der Waals surface area contributed by atoms with E-state index in [1.165, 1.54) is 0 Å². The predicted octanol–water partition coefficient (Wildman–Crippen LogP) is 0.0379. The van der Waals surface area contributed by atoms with Gasteiger partial charge in [0, 0.05) is 19.0 Å². The van der Waals surface area contributed by atoms with Gasteiger partial charge in [-0.15, -0.1) is 0 Å². The fraction of sp³-hybridized carbons (Fsp3) is 1.00. The second kappa shape index (κ2) is 3.73. The average Bonchev–Trinajstić information content (AvgIpc) is 2.34. The summed E-state index contributed by atoms with van der Waals surface area (Å²) in [6, 6.07) is 0. The summed E-state index contributed by atoms with van der Waals surface area (Å²) in [7, 11) is 2.04. The van der Waals surface area contributed by atoms with E-state index in [1.807, 2.05) is 7.05 Å². The van der Waals surface area contributed by atoms with Gasteiger partial charge in [0.05, 0.1) is 5.60 Å². The second-order valence-corrected chi connectivity index (χ2v) is 3.93. The van der Waals surface area contributed by atoms with Crippen LogP contribution in [0.3, 0.4) is 0 Å². The van der Waals surface area contributed by atoms with E-state index in [2.05, 4.69) is 11.8 Å². The minimum Gasteiger partial charge on any atom is -0.388 e. The van der Waals surface area contributed by atoms with Gasteiger partial charge in [0.25, 0.3) is 0 Å². The van der Waals surface area contributed by atoms with E-state index in [1.54, 1.807) is 0 Å². The van der Waals surface area contributed by atoms with Crippen molar-refractivity contribution < 1.29 is 5.11 Å². The molecule has 1 aliphatic heterocycles. The van der Waals surface area contributed by atoms with Gasteiger partial charge in [0.15, 0.2) is 0 Å². The normalized spacial score (nSPS) is 34.0. The van der Waals surface area contributed by atoms with Crippen LogP contribution in [0, 0.1) is 5.92 Å². The summed E-state index contributed by atoms with van der Waals surface area (Å²) in [5, 5.41) is 10.2. The van der Waals surface area contributed by atoms with Gasteiger partial charge in [-0.1, -0.05) is 6.92 Å². The maximum Gasteiger partial charge on any atom is 0.0826 e. The molecule has 0 radical (unpaired) electrons. The smallest absolute Gasteiger partial charge is 0.0826 e. The van der Waals surface area contributed by atoms with Gasteiger partial charge in [-0.2, -0.15) is 0 Å². The summed E-state index contributed by atoms with van der Waals surface area (Å²) in [5.41, 5.74) is 5.10. The highest BCUT2D eigenvalue weighted by Crippen LogP contribution is 2.29. The molecule has 12 heavy (non-hydrogen) atoms. The topological polar surface area (TPSA) is 49.5 Å². The number of β-amino-alcohol motifs (C(OH)–C–C–N with tert-alkyl or cyclic N) is 1. The number of rotatable bonds is 3. The fourth-order valence-corrected chi connectivity index (χ4v) is 2.11. The van der Waals surface area contributed by atoms with Crippen molar-refractivity contribution in [3.05, 3.63) is 0 Å². The van der Waals surface area contributed by atoms with E-state index in [9.17, 15) is 5.11 Å². The molecule has 2 unspecified atom stereocenters. The Morgan fingerprint density at radius 3 is 2.67 bits per heavy atom. The van der Waals surface area contributed by atoms with Crippen molar-refractivity contribution in [2.24, 2.45) is 11.7 Å². The van der Waals surface area contributed by atoms with Gasteiger partial charge < -0.3 is 15.7 Å². The zero-order chi connectivity index (χ0) is 9.19. The number of likely N-dealkylation sites (tertiary alicyclic amines) is 1. The first-order valence-corrected chi connectivity index (χ1v) is 4.73. The van der Waals surface area contributed by atoms with Gasteiger partial charge in [0.1, 0.15) is 0 Å². The van der Waals surface area contributed by atoms with Crippen LogP contribution in [0.15, 0.2) is 0 Å². The molecule has 1 rings (SSSR count). The van der Waals surface area contributed by atoms with Crippen molar-refractivity contribution in [3.8, 4) is 0 Å². The van der Waals surface area contributed by atoms with Gasteiger partial charge in [-0.3, -0.25) is 0 Å². The number of hydrogen-bond acceptors (Lipinski definition) is 3. The van der Waals surface area contributed by atoms with E-state index in [-0.39, 0.29) is 5.92 Å². The van der Waals surface area contributed by atoms with Crippen molar-refractivity contribution in [3.63, 3.8) is 0 Å². The highest BCUT2D eigenvalue weighted by Gasteiger charge is 2.39. The number of likely N-dealkylation sites (N-methyl/N-ethyl adjacent to an activating group) is 1. The highest BCUT2D eigenvalue weighted by atomic mass is 16.3. The van der Waals surface area contributed by atoms with Crippen LogP contribution >= 0.6 is 0 Å². The molecule has 0 aromatic carbocycles. The first kappa shape index (κ1) is 9.96. The van der Waals surface area contributed by atoms with Crippen LogP contribution in [0.1, 0.15) is 19.8 Å². The molecule has 1 aliphatic rings. The standard InChI is InChI=1S/C9H20N2O/c1-3-8(6-10)9(12)4-5-11(2)7-9/h8,12H,3-7,10H2,1-2H3. The van der Waals surface area contributed by atoms with Crippen LogP contribution in [-0.2, 0) is 0 Å². The SMILES string of the molecule is CCC(CN)C1(O)CCN(C)C1. The summed E-state index contributed by atoms with van der Waals surface area (Å²) >= 11 is 0. The highest BCUT2D eigenvalue weighted by molar-refractivity contribution is 4.94. The minimum absolute atomic E-state index is 0.266. The van der Waals surface area contributed by atoms with E-state index in [0.29, 0.717) is 6.54 Å². The molecule has 3 heteroatoms. The lowest BCUT2D eigenvalue weighted by Gasteiger charge is -2.30. The zero-order valence-electron chi connectivity index (χ0n) is 8.08. The Hall–Kier alpha value is -0.120. The Kier molecular flexibility index (Phi) is 3.09. The number of aliphatic hydroxyl groups is 1. The molecule has 0 aromatic heterocycles. The van der Waals surface area contributed by atoms with Crippen molar-refractivity contribution in [2.75, 3.05) is 26.7 Å². The van der Waals surface area contributed by atoms with Gasteiger partial charge in [-0.05, 0) is 26.4 Å². The molecule has 0 spiro atoms. The molecule has 3 N–H and O–H groups in total. The third kappa shape index (κ3) is 1.79. The molecule has 0 saturated carbocycles. The molecule has 2 atom stereocenters. The largest absolute Gasteiger partial charge is 0.388 e. The molecule has 1 fully saturated rings. The van der Waals surface area contributed by atoms with Gasteiger partial charge in [-0.25, -0.2) is 0 Å². The van der Waals surface area contributed by atoms with Crippen molar-refractivity contribution in [2.45, 2.75) is 25.4 Å². The molecular formula is C9H20N2O. The lowest BCUT2D eigenvalue weighted by molar-refractivity contribution is -0.00536. The van der Waals surface area contributed by atoms with E-state index >= 15 is 0 Å². The summed E-state index contributed by atoms with van der Waals surface area (Å²) < 4.78 is 0. The minimum atomic E-state index is -0.516. The number of nitrogens with zero attached hydrogens (tertiary/aromatic N) is 1. The molecule has 3 nitrogen and oxygen atoms in total. The quantitative estimate of drug-likeness (QED) is 0.632. The summed E-state index contributed by atoms with van der Waals surface area (Å²) in [6.45, 7) is 4.46. The second-order valence-electron chi connectivity index (χ2n) is 3.93. The Morgan fingerprint density at radius 1 is 1.67 bits per heavy atom. The zero-order valence-corrected chi connectivity index (χ0v) is 8.08. The fourth-order valence-electron chi connectivity index (χ4n) is 2.11. The molecule has 72 valence electrons.